The summed E-state index contributed by atoms with van der Waals surface area (Å²) in [6.45, 7) is 6.61. The van der Waals surface area contributed by atoms with E-state index in [-0.39, 0.29) is 5.41 Å². The fourth-order valence-electron chi connectivity index (χ4n) is 2.03. The van der Waals surface area contributed by atoms with Crippen molar-refractivity contribution in [2.24, 2.45) is 0 Å². The van der Waals surface area contributed by atoms with Crippen LogP contribution in [0, 0.1) is 0 Å². The largest absolute Gasteiger partial charge is 0.298 e. The van der Waals surface area contributed by atoms with Gasteiger partial charge in [-0.3, -0.25) is 4.79 Å². The van der Waals surface area contributed by atoms with E-state index in [1.165, 1.54) is 10.9 Å². The predicted octanol–water partition coefficient (Wildman–Crippen LogP) is 3.95. The van der Waals surface area contributed by atoms with Gasteiger partial charge in [0.2, 0.25) is 0 Å². The minimum atomic E-state index is 0.127. The van der Waals surface area contributed by atoms with Gasteiger partial charge in [0.15, 0.2) is 0 Å². The Morgan fingerprint density at radius 2 is 1.81 bits per heavy atom. The maximum absolute atomic E-state index is 10.7. The first kappa shape index (κ1) is 10.9. The van der Waals surface area contributed by atoms with Crippen molar-refractivity contribution in [1.29, 1.82) is 0 Å². The molecule has 1 heteroatoms. The van der Waals surface area contributed by atoms with E-state index >= 15 is 0 Å². The lowest BCUT2D eigenvalue weighted by Crippen LogP contribution is -2.11. The van der Waals surface area contributed by atoms with Gasteiger partial charge in [-0.25, -0.2) is 0 Å². The molecular formula is C15H16O. The first-order valence-electron chi connectivity index (χ1n) is 5.51. The third-order valence-electron chi connectivity index (χ3n) is 2.85. The second-order valence-electron chi connectivity index (χ2n) is 5.15. The molecule has 0 saturated carbocycles. The minimum absolute atomic E-state index is 0.127. The summed E-state index contributed by atoms with van der Waals surface area (Å²) >= 11 is 0. The maximum Gasteiger partial charge on any atom is 0.150 e. The second kappa shape index (κ2) is 3.75. The van der Waals surface area contributed by atoms with Gasteiger partial charge in [0.25, 0.3) is 0 Å². The number of aldehydes is 1. The van der Waals surface area contributed by atoms with E-state index in [9.17, 15) is 4.79 Å². The molecule has 0 spiro atoms. The van der Waals surface area contributed by atoms with Crippen LogP contribution >= 0.6 is 0 Å². The number of hydrogen-bond acceptors (Lipinski definition) is 1. The molecule has 0 bridgehead atoms. The van der Waals surface area contributed by atoms with E-state index in [1.54, 1.807) is 0 Å². The summed E-state index contributed by atoms with van der Waals surface area (Å²) in [5.41, 5.74) is 2.18. The van der Waals surface area contributed by atoms with Gasteiger partial charge in [0.05, 0.1) is 0 Å². The first-order chi connectivity index (χ1) is 7.52. The Hall–Kier alpha value is -1.63. The molecule has 0 N–H and O–H groups in total. The summed E-state index contributed by atoms with van der Waals surface area (Å²) < 4.78 is 0. The Kier molecular flexibility index (Phi) is 2.55. The molecule has 1 nitrogen and oxygen atoms in total. The lowest BCUT2D eigenvalue weighted by atomic mass is 9.83. The van der Waals surface area contributed by atoms with Gasteiger partial charge in [-0.05, 0) is 27.8 Å². The van der Waals surface area contributed by atoms with Crippen LogP contribution in [-0.2, 0) is 5.41 Å². The van der Waals surface area contributed by atoms with E-state index in [1.807, 2.05) is 18.2 Å². The van der Waals surface area contributed by atoms with E-state index in [2.05, 4.69) is 39.0 Å². The highest BCUT2D eigenvalue weighted by molar-refractivity contribution is 5.91. The number of hydrogen-bond donors (Lipinski definition) is 0. The van der Waals surface area contributed by atoms with Gasteiger partial charge in [0.1, 0.15) is 6.29 Å². The molecule has 2 aromatic carbocycles. The standard InChI is InChI=1S/C15H16O/c1-15(2,3)14-6-4-5-12-9-11(10-16)7-8-13(12)14/h4-10H,1-3H3. The Bertz CT molecular complexity index is 533. The average molecular weight is 212 g/mol. The van der Waals surface area contributed by atoms with Gasteiger partial charge in [-0.2, -0.15) is 0 Å². The number of fused-ring (bicyclic) bond motifs is 1. The normalized spacial score (nSPS) is 11.7. The van der Waals surface area contributed by atoms with Crippen molar-refractivity contribution in [3.05, 3.63) is 47.5 Å². The number of benzene rings is 2. The van der Waals surface area contributed by atoms with Crippen LogP contribution in [-0.4, -0.2) is 6.29 Å². The molecule has 0 aliphatic rings. The van der Waals surface area contributed by atoms with E-state index < -0.39 is 0 Å². The van der Waals surface area contributed by atoms with Gasteiger partial charge >= 0.3 is 0 Å². The number of rotatable bonds is 1. The topological polar surface area (TPSA) is 17.1 Å². The van der Waals surface area contributed by atoms with E-state index in [4.69, 9.17) is 0 Å². The molecule has 82 valence electrons. The van der Waals surface area contributed by atoms with Crippen molar-refractivity contribution in [1.82, 2.24) is 0 Å². The highest BCUT2D eigenvalue weighted by Crippen LogP contribution is 2.30. The predicted molar refractivity (Wildman–Crippen MR) is 68.0 cm³/mol. The zero-order valence-corrected chi connectivity index (χ0v) is 9.95. The summed E-state index contributed by atoms with van der Waals surface area (Å²) in [5.74, 6) is 0. The molecule has 0 heterocycles. The van der Waals surface area contributed by atoms with Crippen molar-refractivity contribution in [3.8, 4) is 0 Å². The Labute approximate surface area is 96.1 Å². The summed E-state index contributed by atoms with van der Waals surface area (Å²) in [4.78, 5) is 10.7. The smallest absolute Gasteiger partial charge is 0.150 e. The second-order valence-corrected chi connectivity index (χ2v) is 5.15. The summed E-state index contributed by atoms with van der Waals surface area (Å²) in [6, 6.07) is 12.1. The van der Waals surface area contributed by atoms with Crippen molar-refractivity contribution < 1.29 is 4.79 Å². The third-order valence-corrected chi connectivity index (χ3v) is 2.85. The van der Waals surface area contributed by atoms with Crippen LogP contribution in [0.3, 0.4) is 0 Å². The van der Waals surface area contributed by atoms with Gasteiger partial charge in [-0.15, -0.1) is 0 Å². The molecule has 0 aromatic heterocycles. The SMILES string of the molecule is CC(C)(C)c1cccc2cc(C=O)ccc12. The maximum atomic E-state index is 10.7. The van der Waals surface area contributed by atoms with E-state index in [0.717, 1.165) is 17.2 Å². The van der Waals surface area contributed by atoms with Crippen LogP contribution in [0.15, 0.2) is 36.4 Å². The summed E-state index contributed by atoms with van der Waals surface area (Å²) in [5, 5.41) is 2.37. The van der Waals surface area contributed by atoms with Crippen molar-refractivity contribution in [3.63, 3.8) is 0 Å². The van der Waals surface area contributed by atoms with Crippen LogP contribution in [0.5, 0.6) is 0 Å². The average Bonchev–Trinajstić information content (AvgIpc) is 2.26. The molecule has 16 heavy (non-hydrogen) atoms. The highest BCUT2D eigenvalue weighted by atomic mass is 16.1. The summed E-state index contributed by atoms with van der Waals surface area (Å²) in [6.07, 6.45) is 0.892. The van der Waals surface area contributed by atoms with Crippen LogP contribution in [0.4, 0.5) is 0 Å². The highest BCUT2D eigenvalue weighted by Gasteiger charge is 2.16. The quantitative estimate of drug-likeness (QED) is 0.654. The Balaban J connectivity index is 2.74. The molecule has 0 fully saturated rings. The molecule has 0 saturated heterocycles. The van der Waals surface area contributed by atoms with Gasteiger partial charge in [0, 0.05) is 5.56 Å². The molecule has 0 unspecified atom stereocenters. The number of carbonyl (C=O) groups excluding carboxylic acids is 1. The monoisotopic (exact) mass is 212 g/mol. The van der Waals surface area contributed by atoms with Crippen molar-refractivity contribution >= 4 is 17.1 Å². The fourth-order valence-corrected chi connectivity index (χ4v) is 2.03. The molecule has 0 aliphatic carbocycles. The number of carbonyl (C=O) groups is 1. The fraction of sp³-hybridized carbons (Fsp3) is 0.267. The van der Waals surface area contributed by atoms with Crippen molar-refractivity contribution in [2.75, 3.05) is 0 Å². The van der Waals surface area contributed by atoms with E-state index in [0.29, 0.717) is 0 Å². The Morgan fingerprint density at radius 1 is 1.06 bits per heavy atom. The molecule has 0 amide bonds. The molecular weight excluding hydrogens is 196 g/mol. The van der Waals surface area contributed by atoms with Crippen LogP contribution in [0.25, 0.3) is 10.8 Å². The third kappa shape index (κ3) is 1.85. The molecule has 0 atom stereocenters. The van der Waals surface area contributed by atoms with Crippen LogP contribution in [0.1, 0.15) is 36.7 Å². The van der Waals surface area contributed by atoms with Crippen LogP contribution in [0.2, 0.25) is 0 Å². The summed E-state index contributed by atoms with van der Waals surface area (Å²) in [7, 11) is 0. The Morgan fingerprint density at radius 3 is 2.44 bits per heavy atom. The molecule has 2 aromatic rings. The van der Waals surface area contributed by atoms with Crippen LogP contribution < -0.4 is 0 Å². The molecule has 0 radical (unpaired) electrons. The minimum Gasteiger partial charge on any atom is -0.298 e. The molecule has 2 rings (SSSR count). The lowest BCUT2D eigenvalue weighted by Gasteiger charge is -2.21. The zero-order valence-electron chi connectivity index (χ0n) is 9.95. The van der Waals surface area contributed by atoms with Crippen molar-refractivity contribution in [2.45, 2.75) is 26.2 Å². The molecule has 0 aliphatic heterocycles. The van der Waals surface area contributed by atoms with Gasteiger partial charge in [-0.1, -0.05) is 51.1 Å². The lowest BCUT2D eigenvalue weighted by molar-refractivity contribution is 0.112. The first-order valence-corrected chi connectivity index (χ1v) is 5.51. The zero-order chi connectivity index (χ0) is 11.8. The van der Waals surface area contributed by atoms with Gasteiger partial charge < -0.3 is 0 Å².